The van der Waals surface area contributed by atoms with E-state index in [1.54, 1.807) is 0 Å². The molecule has 3 nitrogen and oxygen atoms in total. The van der Waals surface area contributed by atoms with Crippen LogP contribution in [0.3, 0.4) is 0 Å². The third-order valence-corrected chi connectivity index (χ3v) is 4.26. The minimum Gasteiger partial charge on any atom is -0.375 e. The lowest BCUT2D eigenvalue weighted by Crippen LogP contribution is -2.25. The molecule has 0 bridgehead atoms. The van der Waals surface area contributed by atoms with Gasteiger partial charge in [-0.1, -0.05) is 6.08 Å². The molecule has 0 aromatic carbocycles. The molecule has 0 radical (unpaired) electrons. The van der Waals surface area contributed by atoms with E-state index in [0.29, 0.717) is 5.75 Å². The number of sulfone groups is 1. The summed E-state index contributed by atoms with van der Waals surface area (Å²) >= 11 is 0. The van der Waals surface area contributed by atoms with Crippen LogP contribution in [-0.4, -0.2) is 37.9 Å². The third-order valence-electron chi connectivity index (χ3n) is 2.75. The summed E-state index contributed by atoms with van der Waals surface area (Å²) in [6, 6.07) is 0. The second-order valence-electron chi connectivity index (χ2n) is 3.75. The summed E-state index contributed by atoms with van der Waals surface area (Å²) in [5.41, 5.74) is 1.26. The standard InChI is InChI=1S/C9H15NO2S/c11-13(12)7-3-9(4-8-13)10-5-1-2-6-10/h3H,1-2,4-8H2. The molecule has 2 aliphatic rings. The number of allylic oxidation sites excluding steroid dienone is 1. The lowest BCUT2D eigenvalue weighted by Gasteiger charge is -2.24. The predicted octanol–water partition coefficient (Wildman–Crippen LogP) is 0.785. The van der Waals surface area contributed by atoms with Crippen molar-refractivity contribution in [1.29, 1.82) is 0 Å². The molecule has 0 amide bonds. The number of hydrogen-bond acceptors (Lipinski definition) is 3. The summed E-state index contributed by atoms with van der Waals surface area (Å²) in [6.45, 7) is 2.23. The van der Waals surface area contributed by atoms with Crippen molar-refractivity contribution in [2.24, 2.45) is 0 Å². The van der Waals surface area contributed by atoms with Crippen molar-refractivity contribution in [3.63, 3.8) is 0 Å². The fraction of sp³-hybridized carbons (Fsp3) is 0.778. The van der Waals surface area contributed by atoms with Gasteiger partial charge in [-0.3, -0.25) is 0 Å². The molecule has 1 fully saturated rings. The molecular weight excluding hydrogens is 186 g/mol. The zero-order valence-electron chi connectivity index (χ0n) is 7.70. The smallest absolute Gasteiger partial charge is 0.154 e. The Balaban J connectivity index is 2.06. The van der Waals surface area contributed by atoms with Crippen molar-refractivity contribution in [2.45, 2.75) is 19.3 Å². The van der Waals surface area contributed by atoms with Gasteiger partial charge in [0.2, 0.25) is 0 Å². The van der Waals surface area contributed by atoms with Crippen LogP contribution in [0.4, 0.5) is 0 Å². The number of hydrogen-bond donors (Lipinski definition) is 0. The SMILES string of the molecule is O=S1(=O)CC=C(N2CCCC2)CC1. The molecule has 0 N–H and O–H groups in total. The van der Waals surface area contributed by atoms with Gasteiger partial charge in [-0.25, -0.2) is 8.42 Å². The van der Waals surface area contributed by atoms with Crippen molar-refractivity contribution in [1.82, 2.24) is 4.90 Å². The summed E-state index contributed by atoms with van der Waals surface area (Å²) in [7, 11) is -2.75. The van der Waals surface area contributed by atoms with E-state index in [9.17, 15) is 8.42 Å². The van der Waals surface area contributed by atoms with E-state index in [-0.39, 0.29) is 5.75 Å². The minimum absolute atomic E-state index is 0.249. The lowest BCUT2D eigenvalue weighted by molar-refractivity contribution is 0.410. The quantitative estimate of drug-likeness (QED) is 0.629. The Morgan fingerprint density at radius 3 is 2.46 bits per heavy atom. The van der Waals surface area contributed by atoms with Crippen molar-refractivity contribution >= 4 is 9.84 Å². The molecule has 0 spiro atoms. The Hall–Kier alpha value is -0.510. The molecule has 2 heterocycles. The highest BCUT2D eigenvalue weighted by Gasteiger charge is 2.21. The number of nitrogens with zero attached hydrogens (tertiary/aromatic N) is 1. The highest BCUT2D eigenvalue weighted by molar-refractivity contribution is 7.91. The van der Waals surface area contributed by atoms with Crippen LogP contribution in [0.25, 0.3) is 0 Å². The van der Waals surface area contributed by atoms with E-state index in [4.69, 9.17) is 0 Å². The summed E-state index contributed by atoms with van der Waals surface area (Å²) in [5, 5.41) is 0. The molecule has 13 heavy (non-hydrogen) atoms. The molecule has 0 aromatic heterocycles. The summed E-state index contributed by atoms with van der Waals surface area (Å²) < 4.78 is 22.3. The molecule has 2 rings (SSSR count). The van der Waals surface area contributed by atoms with Crippen LogP contribution >= 0.6 is 0 Å². The zero-order valence-corrected chi connectivity index (χ0v) is 8.52. The van der Waals surface area contributed by atoms with Crippen molar-refractivity contribution in [3.8, 4) is 0 Å². The average molecular weight is 201 g/mol. The van der Waals surface area contributed by atoms with Gasteiger partial charge in [0.25, 0.3) is 0 Å². The third kappa shape index (κ3) is 2.05. The van der Waals surface area contributed by atoms with Crippen LogP contribution in [0.2, 0.25) is 0 Å². The van der Waals surface area contributed by atoms with E-state index in [1.807, 2.05) is 6.08 Å². The van der Waals surface area contributed by atoms with Crippen LogP contribution in [-0.2, 0) is 9.84 Å². The molecule has 1 saturated heterocycles. The first-order chi connectivity index (χ1) is 6.17. The zero-order chi connectivity index (χ0) is 9.31. The van der Waals surface area contributed by atoms with Gasteiger partial charge < -0.3 is 4.90 Å². The first kappa shape index (κ1) is 9.06. The van der Waals surface area contributed by atoms with Crippen molar-refractivity contribution in [2.75, 3.05) is 24.6 Å². The Kier molecular flexibility index (Phi) is 2.32. The molecule has 0 atom stereocenters. The molecule has 74 valence electrons. The first-order valence-corrected chi connectivity index (χ1v) is 6.64. The van der Waals surface area contributed by atoms with Crippen LogP contribution in [0.1, 0.15) is 19.3 Å². The van der Waals surface area contributed by atoms with Gasteiger partial charge in [-0.15, -0.1) is 0 Å². The average Bonchev–Trinajstić information content (AvgIpc) is 2.56. The predicted molar refractivity (Wildman–Crippen MR) is 52.2 cm³/mol. The van der Waals surface area contributed by atoms with Crippen molar-refractivity contribution < 1.29 is 8.42 Å². The highest BCUT2D eigenvalue weighted by Crippen LogP contribution is 2.21. The minimum atomic E-state index is -2.75. The highest BCUT2D eigenvalue weighted by atomic mass is 32.2. The van der Waals surface area contributed by atoms with Gasteiger partial charge >= 0.3 is 0 Å². The molecule has 4 heteroatoms. The Morgan fingerprint density at radius 1 is 1.23 bits per heavy atom. The molecule has 0 aromatic rings. The van der Waals surface area contributed by atoms with Gasteiger partial charge in [0.1, 0.15) is 0 Å². The van der Waals surface area contributed by atoms with Gasteiger partial charge in [-0.05, 0) is 12.8 Å². The molecule has 0 aliphatic carbocycles. The van der Waals surface area contributed by atoms with E-state index >= 15 is 0 Å². The maximum Gasteiger partial charge on any atom is 0.154 e. The van der Waals surface area contributed by atoms with Gasteiger partial charge in [0, 0.05) is 25.2 Å². The van der Waals surface area contributed by atoms with Crippen LogP contribution < -0.4 is 0 Å². The number of rotatable bonds is 1. The molecular formula is C9H15NO2S. The van der Waals surface area contributed by atoms with Crippen LogP contribution in [0.15, 0.2) is 11.8 Å². The van der Waals surface area contributed by atoms with Gasteiger partial charge in [-0.2, -0.15) is 0 Å². The van der Waals surface area contributed by atoms with Crippen LogP contribution in [0, 0.1) is 0 Å². The fourth-order valence-electron chi connectivity index (χ4n) is 1.96. The Labute approximate surface area is 79.3 Å². The van der Waals surface area contributed by atoms with E-state index in [1.165, 1.54) is 18.5 Å². The summed E-state index contributed by atoms with van der Waals surface area (Å²) in [6.07, 6.45) is 5.13. The van der Waals surface area contributed by atoms with E-state index < -0.39 is 9.84 Å². The fourth-order valence-corrected chi connectivity index (χ4v) is 3.09. The van der Waals surface area contributed by atoms with E-state index in [2.05, 4.69) is 4.90 Å². The second-order valence-corrected chi connectivity index (χ2v) is 5.98. The lowest BCUT2D eigenvalue weighted by atomic mass is 10.3. The summed E-state index contributed by atoms with van der Waals surface area (Å²) in [5.74, 6) is 0.591. The largest absolute Gasteiger partial charge is 0.375 e. The topological polar surface area (TPSA) is 37.4 Å². The molecule has 2 aliphatic heterocycles. The van der Waals surface area contributed by atoms with Gasteiger partial charge in [0.15, 0.2) is 9.84 Å². The van der Waals surface area contributed by atoms with Crippen molar-refractivity contribution in [3.05, 3.63) is 11.8 Å². The maximum absolute atomic E-state index is 11.1. The second kappa shape index (κ2) is 3.33. The molecule has 0 saturated carbocycles. The summed E-state index contributed by atoms with van der Waals surface area (Å²) in [4.78, 5) is 2.33. The first-order valence-electron chi connectivity index (χ1n) is 4.82. The molecule has 0 unspecified atom stereocenters. The normalized spacial score (nSPS) is 27.4. The number of likely N-dealkylation sites (tertiary alicyclic amines) is 1. The van der Waals surface area contributed by atoms with E-state index in [0.717, 1.165) is 19.5 Å². The van der Waals surface area contributed by atoms with Crippen LogP contribution in [0.5, 0.6) is 0 Å². The van der Waals surface area contributed by atoms with Gasteiger partial charge in [0.05, 0.1) is 11.5 Å². The maximum atomic E-state index is 11.1. The Morgan fingerprint density at radius 2 is 1.92 bits per heavy atom. The monoisotopic (exact) mass is 201 g/mol. The Bertz CT molecular complexity index is 313.